The van der Waals surface area contributed by atoms with E-state index in [0.717, 1.165) is 5.57 Å². The lowest BCUT2D eigenvalue weighted by Gasteiger charge is -2.18. The van der Waals surface area contributed by atoms with Crippen LogP contribution in [-0.2, 0) is 15.0 Å². The number of halogens is 1. The third kappa shape index (κ3) is 2.83. The molecule has 1 aromatic carbocycles. The maximum Gasteiger partial charge on any atom is 0.326 e. The van der Waals surface area contributed by atoms with Crippen LogP contribution in [0.4, 0.5) is 10.1 Å². The first-order valence-electron chi connectivity index (χ1n) is 7.20. The number of hydrogen-bond donors (Lipinski definition) is 4. The quantitative estimate of drug-likeness (QED) is 0.568. The highest BCUT2D eigenvalue weighted by atomic mass is 32.2. The van der Waals surface area contributed by atoms with Crippen molar-refractivity contribution in [3.05, 3.63) is 29.1 Å². The molecule has 2 saturated heterocycles. The van der Waals surface area contributed by atoms with Crippen LogP contribution in [0.2, 0.25) is 0 Å². The standard InChI is InChI=1S/C14H16FN3O5S/c15-13-8(3-9-4-16-5-10(9)7-19)1-2-11(20)14(13)18-6-12(21)17-24(18,22)23/h1-3,10,16,19-20H,4-7H2,(H,17,21)/b9-3-/t10-/m0/s1. The summed E-state index contributed by atoms with van der Waals surface area (Å²) in [6.07, 6.45) is 1.51. The van der Waals surface area contributed by atoms with Gasteiger partial charge in [0.15, 0.2) is 5.82 Å². The molecule has 0 aromatic heterocycles. The van der Waals surface area contributed by atoms with E-state index in [1.165, 1.54) is 18.2 Å². The zero-order valence-electron chi connectivity index (χ0n) is 12.5. The summed E-state index contributed by atoms with van der Waals surface area (Å²) in [5, 5.41) is 22.3. The fourth-order valence-electron chi connectivity index (χ4n) is 2.78. The molecular formula is C14H16FN3O5S. The number of nitrogens with one attached hydrogen (secondary N) is 2. The zero-order chi connectivity index (χ0) is 17.5. The van der Waals surface area contributed by atoms with Crippen LogP contribution in [0.15, 0.2) is 17.7 Å². The van der Waals surface area contributed by atoms with Gasteiger partial charge < -0.3 is 15.5 Å². The van der Waals surface area contributed by atoms with Crippen LogP contribution in [0.1, 0.15) is 5.56 Å². The molecule has 0 aliphatic carbocycles. The van der Waals surface area contributed by atoms with Gasteiger partial charge in [0.2, 0.25) is 0 Å². The van der Waals surface area contributed by atoms with Gasteiger partial charge in [-0.25, -0.2) is 13.4 Å². The van der Waals surface area contributed by atoms with Crippen LogP contribution in [0.3, 0.4) is 0 Å². The van der Waals surface area contributed by atoms with Crippen molar-refractivity contribution in [2.75, 3.05) is 30.5 Å². The minimum Gasteiger partial charge on any atom is -0.506 e. The number of aliphatic hydroxyl groups excluding tert-OH is 1. The molecule has 0 bridgehead atoms. The first-order chi connectivity index (χ1) is 11.3. The highest BCUT2D eigenvalue weighted by Crippen LogP contribution is 2.36. The van der Waals surface area contributed by atoms with Gasteiger partial charge in [-0.1, -0.05) is 6.08 Å². The molecule has 0 saturated carbocycles. The van der Waals surface area contributed by atoms with Crippen molar-refractivity contribution in [3.8, 4) is 5.75 Å². The molecule has 130 valence electrons. The Hall–Kier alpha value is -2.17. The summed E-state index contributed by atoms with van der Waals surface area (Å²) in [4.78, 5) is 11.3. The Kier molecular flexibility index (Phi) is 4.20. The summed E-state index contributed by atoms with van der Waals surface area (Å²) in [5.74, 6) is -2.50. The van der Waals surface area contributed by atoms with E-state index in [0.29, 0.717) is 17.4 Å². The fraction of sp³-hybridized carbons (Fsp3) is 0.357. The van der Waals surface area contributed by atoms with Crippen LogP contribution in [0, 0.1) is 11.7 Å². The highest BCUT2D eigenvalue weighted by Gasteiger charge is 2.37. The molecule has 1 amide bonds. The summed E-state index contributed by atoms with van der Waals surface area (Å²) in [6.45, 7) is 0.342. The Balaban J connectivity index is 2.06. The number of aromatic hydroxyl groups is 1. The topological polar surface area (TPSA) is 119 Å². The molecule has 24 heavy (non-hydrogen) atoms. The monoisotopic (exact) mass is 357 g/mol. The molecular weight excluding hydrogens is 341 g/mol. The molecule has 2 fully saturated rings. The van der Waals surface area contributed by atoms with Gasteiger partial charge in [0.1, 0.15) is 18.0 Å². The van der Waals surface area contributed by atoms with Gasteiger partial charge in [-0.15, -0.1) is 0 Å². The number of carbonyl (C=O) groups is 1. The number of anilines is 1. The third-order valence-electron chi connectivity index (χ3n) is 4.00. The average Bonchev–Trinajstić information content (AvgIpc) is 3.06. The Labute approximate surface area is 137 Å². The van der Waals surface area contributed by atoms with Crippen molar-refractivity contribution in [1.82, 2.24) is 10.0 Å². The number of phenolic OH excluding ortho intramolecular Hbond substituents is 1. The van der Waals surface area contributed by atoms with E-state index >= 15 is 0 Å². The molecule has 2 aliphatic heterocycles. The predicted octanol–water partition coefficient (Wildman–Crippen LogP) is -0.693. The number of rotatable bonds is 3. The van der Waals surface area contributed by atoms with E-state index < -0.39 is 39.9 Å². The molecule has 2 heterocycles. The lowest BCUT2D eigenvalue weighted by atomic mass is 10.0. The number of carbonyl (C=O) groups excluding carboxylic acids is 1. The Morgan fingerprint density at radius 2 is 2.17 bits per heavy atom. The lowest BCUT2D eigenvalue weighted by molar-refractivity contribution is -0.117. The van der Waals surface area contributed by atoms with Crippen molar-refractivity contribution >= 4 is 27.9 Å². The molecule has 8 nitrogen and oxygen atoms in total. The normalized spacial score (nSPS) is 24.6. The summed E-state index contributed by atoms with van der Waals surface area (Å²) >= 11 is 0. The number of nitrogens with zero attached hydrogens (tertiary/aromatic N) is 1. The first kappa shape index (κ1) is 16.7. The molecule has 0 radical (unpaired) electrons. The van der Waals surface area contributed by atoms with Crippen LogP contribution in [-0.4, -0.2) is 50.8 Å². The van der Waals surface area contributed by atoms with Crippen molar-refractivity contribution in [1.29, 1.82) is 0 Å². The molecule has 1 atom stereocenters. The minimum atomic E-state index is -4.23. The SMILES string of the molecule is O=C1CN(c2c(O)ccc(/C=C3/CNC[C@H]3CO)c2F)S(=O)(=O)N1. The van der Waals surface area contributed by atoms with Gasteiger partial charge in [-0.2, -0.15) is 8.42 Å². The van der Waals surface area contributed by atoms with E-state index in [2.05, 4.69) is 5.32 Å². The molecule has 10 heteroatoms. The summed E-state index contributed by atoms with van der Waals surface area (Å²) < 4.78 is 40.8. The summed E-state index contributed by atoms with van der Waals surface area (Å²) in [6, 6.07) is 2.48. The van der Waals surface area contributed by atoms with Gasteiger partial charge in [0.05, 0.1) is 6.61 Å². The maximum atomic E-state index is 14.8. The van der Waals surface area contributed by atoms with Gasteiger partial charge in [0, 0.05) is 24.6 Å². The number of benzene rings is 1. The van der Waals surface area contributed by atoms with Gasteiger partial charge in [-0.05, 0) is 17.7 Å². The molecule has 0 spiro atoms. The predicted molar refractivity (Wildman–Crippen MR) is 83.9 cm³/mol. The molecule has 1 aromatic rings. The first-order valence-corrected chi connectivity index (χ1v) is 8.64. The van der Waals surface area contributed by atoms with Crippen molar-refractivity contribution in [3.63, 3.8) is 0 Å². The van der Waals surface area contributed by atoms with E-state index in [1.807, 2.05) is 0 Å². The minimum absolute atomic E-state index is 0.0644. The Morgan fingerprint density at radius 1 is 1.42 bits per heavy atom. The van der Waals surface area contributed by atoms with Crippen molar-refractivity contribution in [2.45, 2.75) is 0 Å². The van der Waals surface area contributed by atoms with E-state index in [4.69, 9.17) is 0 Å². The second-order valence-electron chi connectivity index (χ2n) is 5.60. The summed E-state index contributed by atoms with van der Waals surface area (Å²) in [5.41, 5.74) is 0.259. The molecule has 4 N–H and O–H groups in total. The smallest absolute Gasteiger partial charge is 0.326 e. The second kappa shape index (κ2) is 6.04. The Morgan fingerprint density at radius 3 is 2.79 bits per heavy atom. The van der Waals surface area contributed by atoms with Crippen LogP contribution in [0.5, 0.6) is 5.75 Å². The summed E-state index contributed by atoms with van der Waals surface area (Å²) in [7, 11) is -4.23. The number of amides is 1. The zero-order valence-corrected chi connectivity index (χ0v) is 13.3. The second-order valence-corrected chi connectivity index (χ2v) is 7.20. The molecule has 0 unspecified atom stereocenters. The van der Waals surface area contributed by atoms with Gasteiger partial charge in [0.25, 0.3) is 5.91 Å². The van der Waals surface area contributed by atoms with E-state index in [9.17, 15) is 27.8 Å². The fourth-order valence-corrected chi connectivity index (χ4v) is 3.94. The van der Waals surface area contributed by atoms with E-state index in [-0.39, 0.29) is 18.1 Å². The van der Waals surface area contributed by atoms with Gasteiger partial charge >= 0.3 is 10.2 Å². The largest absolute Gasteiger partial charge is 0.506 e. The number of phenols is 1. The van der Waals surface area contributed by atoms with Crippen molar-refractivity contribution in [2.24, 2.45) is 5.92 Å². The maximum absolute atomic E-state index is 14.8. The number of hydrogen-bond acceptors (Lipinski definition) is 6. The van der Waals surface area contributed by atoms with Crippen molar-refractivity contribution < 1.29 is 27.8 Å². The van der Waals surface area contributed by atoms with Crippen LogP contribution >= 0.6 is 0 Å². The lowest BCUT2D eigenvalue weighted by Crippen LogP contribution is -2.30. The van der Waals surface area contributed by atoms with Crippen LogP contribution in [0.25, 0.3) is 6.08 Å². The van der Waals surface area contributed by atoms with E-state index in [1.54, 1.807) is 4.72 Å². The Bertz CT molecular complexity index is 824. The van der Waals surface area contributed by atoms with Gasteiger partial charge in [-0.3, -0.25) is 4.79 Å². The molecule has 3 rings (SSSR count). The third-order valence-corrected chi connectivity index (χ3v) is 5.38. The molecule has 2 aliphatic rings. The average molecular weight is 357 g/mol. The highest BCUT2D eigenvalue weighted by molar-refractivity contribution is 7.92. The number of aliphatic hydroxyl groups is 1. The van der Waals surface area contributed by atoms with Crippen LogP contribution < -0.4 is 14.3 Å².